The van der Waals surface area contributed by atoms with Crippen molar-refractivity contribution in [3.8, 4) is 0 Å². The van der Waals surface area contributed by atoms with E-state index in [1.807, 2.05) is 0 Å². The number of likely N-dealkylation sites (N-methyl/N-ethyl adjacent to an activating group) is 1. The average molecular weight is 261 g/mol. The molecule has 0 bridgehead atoms. The van der Waals surface area contributed by atoms with Gasteiger partial charge in [0.25, 0.3) is 0 Å². The average Bonchev–Trinajstić information content (AvgIpc) is 2.36. The molecule has 3 heteroatoms. The van der Waals surface area contributed by atoms with Gasteiger partial charge >= 0.3 is 0 Å². The fourth-order valence-electron chi connectivity index (χ4n) is 2.98. The van der Waals surface area contributed by atoms with Gasteiger partial charge in [-0.15, -0.1) is 0 Å². The summed E-state index contributed by atoms with van der Waals surface area (Å²) in [6, 6.07) is 8.96. The number of nitrogens with two attached hydrogens (primary N) is 1. The van der Waals surface area contributed by atoms with E-state index in [2.05, 4.69) is 61.9 Å². The summed E-state index contributed by atoms with van der Waals surface area (Å²) in [6.45, 7) is 10.8. The molecule has 3 nitrogen and oxygen atoms in total. The lowest BCUT2D eigenvalue weighted by Gasteiger charge is -2.48. The third-order valence-electron chi connectivity index (χ3n) is 4.56. The van der Waals surface area contributed by atoms with E-state index in [4.69, 9.17) is 5.73 Å². The van der Waals surface area contributed by atoms with Crippen molar-refractivity contribution in [1.29, 1.82) is 0 Å². The van der Waals surface area contributed by atoms with Gasteiger partial charge in [-0.1, -0.05) is 24.3 Å². The fourth-order valence-corrected chi connectivity index (χ4v) is 2.98. The van der Waals surface area contributed by atoms with Gasteiger partial charge in [0.15, 0.2) is 0 Å². The molecule has 1 fully saturated rings. The van der Waals surface area contributed by atoms with Crippen LogP contribution in [0.5, 0.6) is 0 Å². The summed E-state index contributed by atoms with van der Waals surface area (Å²) in [5, 5.41) is 0. The summed E-state index contributed by atoms with van der Waals surface area (Å²) in [4.78, 5) is 4.98. The Labute approximate surface area is 117 Å². The lowest BCUT2D eigenvalue weighted by atomic mass is 9.94. The minimum Gasteiger partial charge on any atom is -0.329 e. The Kier molecular flexibility index (Phi) is 4.29. The predicted molar refractivity (Wildman–Crippen MR) is 81.3 cm³/mol. The number of benzene rings is 1. The highest BCUT2D eigenvalue weighted by molar-refractivity contribution is 5.29. The molecule has 0 aromatic heterocycles. The van der Waals surface area contributed by atoms with E-state index in [9.17, 15) is 0 Å². The molecule has 0 radical (unpaired) electrons. The van der Waals surface area contributed by atoms with Gasteiger partial charge in [0.2, 0.25) is 0 Å². The summed E-state index contributed by atoms with van der Waals surface area (Å²) in [6.07, 6.45) is 0. The lowest BCUT2D eigenvalue weighted by molar-refractivity contribution is 0.0179. The number of piperazine rings is 1. The lowest BCUT2D eigenvalue weighted by Crippen LogP contribution is -2.58. The molecule has 2 rings (SSSR count). The zero-order chi connectivity index (χ0) is 14.0. The Morgan fingerprint density at radius 1 is 1.26 bits per heavy atom. The van der Waals surface area contributed by atoms with Crippen molar-refractivity contribution in [2.45, 2.75) is 32.4 Å². The second-order valence-electron chi connectivity index (χ2n) is 6.31. The zero-order valence-electron chi connectivity index (χ0n) is 12.7. The van der Waals surface area contributed by atoms with Crippen molar-refractivity contribution in [3.05, 3.63) is 35.4 Å². The minimum atomic E-state index is 0.217. The quantitative estimate of drug-likeness (QED) is 0.903. The second-order valence-corrected chi connectivity index (χ2v) is 6.31. The van der Waals surface area contributed by atoms with Gasteiger partial charge in [-0.05, 0) is 38.9 Å². The standard InChI is InChI=1S/C16H27N3/c1-13-7-5-6-8-14(13)15(11-17)19-10-9-18(4)16(2,3)12-19/h5-8,15H,9-12,17H2,1-4H3. The third-order valence-corrected chi connectivity index (χ3v) is 4.56. The molecule has 0 saturated carbocycles. The Bertz CT molecular complexity index is 428. The van der Waals surface area contributed by atoms with Crippen LogP contribution in [-0.2, 0) is 0 Å². The maximum atomic E-state index is 6.07. The van der Waals surface area contributed by atoms with Crippen LogP contribution in [0, 0.1) is 6.92 Å². The molecule has 106 valence electrons. The van der Waals surface area contributed by atoms with Crippen LogP contribution in [0.15, 0.2) is 24.3 Å². The molecule has 1 unspecified atom stereocenters. The highest BCUT2D eigenvalue weighted by Crippen LogP contribution is 2.28. The van der Waals surface area contributed by atoms with Crippen molar-refractivity contribution in [2.75, 3.05) is 33.2 Å². The first-order valence-corrected chi connectivity index (χ1v) is 7.16. The molecule has 1 atom stereocenters. The van der Waals surface area contributed by atoms with Gasteiger partial charge in [-0.3, -0.25) is 9.80 Å². The fraction of sp³-hybridized carbons (Fsp3) is 0.625. The van der Waals surface area contributed by atoms with Crippen LogP contribution in [0.1, 0.15) is 31.0 Å². The highest BCUT2D eigenvalue weighted by Gasteiger charge is 2.34. The molecular weight excluding hydrogens is 234 g/mol. The van der Waals surface area contributed by atoms with Crippen molar-refractivity contribution in [3.63, 3.8) is 0 Å². The molecular formula is C16H27N3. The maximum Gasteiger partial charge on any atom is 0.0474 e. The molecule has 0 aliphatic carbocycles. The van der Waals surface area contributed by atoms with Crippen molar-refractivity contribution in [1.82, 2.24) is 9.80 Å². The zero-order valence-corrected chi connectivity index (χ0v) is 12.7. The topological polar surface area (TPSA) is 32.5 Å². The number of rotatable bonds is 3. The van der Waals surface area contributed by atoms with Gasteiger partial charge in [0.05, 0.1) is 0 Å². The van der Waals surface area contributed by atoms with E-state index in [1.54, 1.807) is 0 Å². The van der Waals surface area contributed by atoms with E-state index in [-0.39, 0.29) is 5.54 Å². The van der Waals surface area contributed by atoms with Gasteiger partial charge in [-0.25, -0.2) is 0 Å². The first kappa shape index (κ1) is 14.5. The van der Waals surface area contributed by atoms with Gasteiger partial charge in [0.1, 0.15) is 0 Å². The monoisotopic (exact) mass is 261 g/mol. The summed E-state index contributed by atoms with van der Waals surface area (Å²) in [5.74, 6) is 0. The van der Waals surface area contributed by atoms with E-state index in [0.717, 1.165) is 19.6 Å². The maximum absolute atomic E-state index is 6.07. The van der Waals surface area contributed by atoms with Crippen LogP contribution < -0.4 is 5.73 Å². The number of hydrogen-bond donors (Lipinski definition) is 1. The highest BCUT2D eigenvalue weighted by atomic mass is 15.3. The Balaban J connectivity index is 2.22. The van der Waals surface area contributed by atoms with Crippen LogP contribution in [0.2, 0.25) is 0 Å². The normalized spacial score (nSPS) is 22.4. The van der Waals surface area contributed by atoms with E-state index >= 15 is 0 Å². The molecule has 1 heterocycles. The number of nitrogens with zero attached hydrogens (tertiary/aromatic N) is 2. The molecule has 0 spiro atoms. The smallest absolute Gasteiger partial charge is 0.0474 e. The summed E-state index contributed by atoms with van der Waals surface area (Å²) in [7, 11) is 2.21. The van der Waals surface area contributed by atoms with Gasteiger partial charge < -0.3 is 5.73 Å². The van der Waals surface area contributed by atoms with Crippen LogP contribution in [-0.4, -0.2) is 48.6 Å². The number of hydrogen-bond acceptors (Lipinski definition) is 3. The molecule has 2 N–H and O–H groups in total. The van der Waals surface area contributed by atoms with E-state index in [1.165, 1.54) is 11.1 Å². The predicted octanol–water partition coefficient (Wildman–Crippen LogP) is 2.02. The Hall–Kier alpha value is -0.900. The summed E-state index contributed by atoms with van der Waals surface area (Å²) in [5.41, 5.74) is 9.01. The molecule has 1 aliphatic rings. The third kappa shape index (κ3) is 2.99. The summed E-state index contributed by atoms with van der Waals surface area (Å²) < 4.78 is 0. The van der Waals surface area contributed by atoms with Gasteiger partial charge in [0, 0.05) is 37.8 Å². The van der Waals surface area contributed by atoms with Crippen molar-refractivity contribution in [2.24, 2.45) is 5.73 Å². The molecule has 19 heavy (non-hydrogen) atoms. The van der Waals surface area contributed by atoms with Crippen LogP contribution in [0.25, 0.3) is 0 Å². The molecule has 1 aliphatic heterocycles. The SMILES string of the molecule is Cc1ccccc1C(CN)N1CCN(C)C(C)(C)C1. The van der Waals surface area contributed by atoms with Crippen molar-refractivity contribution < 1.29 is 0 Å². The Morgan fingerprint density at radius 2 is 1.95 bits per heavy atom. The van der Waals surface area contributed by atoms with Crippen LogP contribution in [0.4, 0.5) is 0 Å². The van der Waals surface area contributed by atoms with E-state index in [0.29, 0.717) is 12.6 Å². The second kappa shape index (κ2) is 5.61. The minimum absolute atomic E-state index is 0.217. The molecule has 1 saturated heterocycles. The van der Waals surface area contributed by atoms with Crippen LogP contribution in [0.3, 0.4) is 0 Å². The molecule has 1 aromatic rings. The first-order chi connectivity index (χ1) is 8.95. The number of aryl methyl sites for hydroxylation is 1. The Morgan fingerprint density at radius 3 is 2.53 bits per heavy atom. The van der Waals surface area contributed by atoms with Crippen molar-refractivity contribution >= 4 is 0 Å². The van der Waals surface area contributed by atoms with Crippen LogP contribution >= 0.6 is 0 Å². The van der Waals surface area contributed by atoms with Gasteiger partial charge in [-0.2, -0.15) is 0 Å². The summed E-state index contributed by atoms with van der Waals surface area (Å²) >= 11 is 0. The molecule has 1 aromatic carbocycles. The largest absolute Gasteiger partial charge is 0.329 e. The first-order valence-electron chi connectivity index (χ1n) is 7.16. The van der Waals surface area contributed by atoms with E-state index < -0.39 is 0 Å². The molecule has 0 amide bonds.